The van der Waals surface area contributed by atoms with Crippen LogP contribution < -0.4 is 9.62 Å². The van der Waals surface area contributed by atoms with Gasteiger partial charge in [0.1, 0.15) is 12.6 Å². The average Bonchev–Trinajstić information content (AvgIpc) is 3.00. The summed E-state index contributed by atoms with van der Waals surface area (Å²) in [4.78, 5) is 29.9. The molecule has 0 aliphatic carbocycles. The zero-order valence-electron chi connectivity index (χ0n) is 26.4. The predicted octanol–water partition coefficient (Wildman–Crippen LogP) is 7.22. The second kappa shape index (κ2) is 15.6. The van der Waals surface area contributed by atoms with E-state index in [2.05, 4.69) is 5.32 Å². The monoisotopic (exact) mass is 679 g/mol. The fourth-order valence-corrected chi connectivity index (χ4v) is 6.95. The molecule has 4 aromatic rings. The summed E-state index contributed by atoms with van der Waals surface area (Å²) in [5.74, 6) is -0.698. The highest BCUT2D eigenvalue weighted by Crippen LogP contribution is 2.30. The van der Waals surface area contributed by atoms with Gasteiger partial charge in [-0.25, -0.2) is 8.42 Å². The maximum atomic E-state index is 14.6. The maximum Gasteiger partial charge on any atom is 0.264 e. The molecule has 10 heteroatoms. The number of benzene rings is 4. The van der Waals surface area contributed by atoms with Crippen LogP contribution in [-0.4, -0.2) is 44.3 Å². The van der Waals surface area contributed by atoms with Gasteiger partial charge < -0.3 is 10.2 Å². The van der Waals surface area contributed by atoms with Crippen LogP contribution in [0.2, 0.25) is 10.0 Å². The molecule has 2 amide bonds. The molecule has 0 aromatic heterocycles. The summed E-state index contributed by atoms with van der Waals surface area (Å²) in [6.07, 6.45) is 0.232. The van der Waals surface area contributed by atoms with Crippen molar-refractivity contribution >= 4 is 50.7 Å². The largest absolute Gasteiger partial charge is 0.354 e. The van der Waals surface area contributed by atoms with Gasteiger partial charge in [-0.1, -0.05) is 115 Å². The number of hydrogen-bond acceptors (Lipinski definition) is 4. The van der Waals surface area contributed by atoms with Crippen molar-refractivity contribution in [1.29, 1.82) is 0 Å². The molecule has 7 nitrogen and oxygen atoms in total. The highest BCUT2D eigenvalue weighted by atomic mass is 35.5. The van der Waals surface area contributed by atoms with Gasteiger partial charge >= 0.3 is 0 Å². The number of amides is 2. The summed E-state index contributed by atoms with van der Waals surface area (Å²) >= 11 is 12.6. The standard InChI is InChI=1S/C36H39Cl2N3O4S/c1-25(2)22-39-36(43)34(18-28-10-6-5-7-11-28)40(23-29-12-8-9-27(4)17-29)35(42)24-41(32-20-30(37)19-31(38)21-32)46(44,45)33-15-13-26(3)14-16-33/h5-17,19-21,25,34H,18,22-24H2,1-4H3,(H,39,43)/t34-/m0/s1. The summed E-state index contributed by atoms with van der Waals surface area (Å²) < 4.78 is 29.4. The van der Waals surface area contributed by atoms with Crippen LogP contribution in [-0.2, 0) is 32.6 Å². The first-order chi connectivity index (χ1) is 21.8. The molecule has 0 aliphatic rings. The van der Waals surface area contributed by atoms with E-state index in [1.54, 1.807) is 12.1 Å². The normalized spacial score (nSPS) is 12.1. The minimum atomic E-state index is -4.27. The minimum absolute atomic E-state index is 0.00254. The van der Waals surface area contributed by atoms with Crippen LogP contribution in [0.3, 0.4) is 0 Å². The minimum Gasteiger partial charge on any atom is -0.354 e. The third kappa shape index (κ3) is 9.34. The van der Waals surface area contributed by atoms with Crippen molar-refractivity contribution in [3.63, 3.8) is 0 Å². The number of sulfonamides is 1. The molecule has 0 bridgehead atoms. The zero-order valence-corrected chi connectivity index (χ0v) is 28.7. The number of rotatable bonds is 13. The Balaban J connectivity index is 1.82. The number of carbonyl (C=O) groups is 2. The molecule has 0 spiro atoms. The number of nitrogens with one attached hydrogen (secondary N) is 1. The summed E-state index contributed by atoms with van der Waals surface area (Å²) in [6, 6.07) is 27.0. The number of nitrogens with zero attached hydrogens (tertiary/aromatic N) is 2. The zero-order chi connectivity index (χ0) is 33.4. The van der Waals surface area contributed by atoms with Crippen molar-refractivity contribution in [3.05, 3.63) is 129 Å². The summed E-state index contributed by atoms with van der Waals surface area (Å²) in [5, 5.41) is 3.42. The highest BCUT2D eigenvalue weighted by molar-refractivity contribution is 7.92. The van der Waals surface area contributed by atoms with E-state index < -0.39 is 28.5 Å². The summed E-state index contributed by atoms with van der Waals surface area (Å²) in [5.41, 5.74) is 3.67. The van der Waals surface area contributed by atoms with Crippen LogP contribution in [0.4, 0.5) is 5.69 Å². The third-order valence-electron chi connectivity index (χ3n) is 7.41. The number of anilines is 1. The summed E-state index contributed by atoms with van der Waals surface area (Å²) in [7, 11) is -4.27. The van der Waals surface area contributed by atoms with Crippen LogP contribution >= 0.6 is 23.2 Å². The fraction of sp³-hybridized carbons (Fsp3) is 0.278. The topological polar surface area (TPSA) is 86.8 Å². The molecule has 242 valence electrons. The molecule has 0 saturated carbocycles. The summed E-state index contributed by atoms with van der Waals surface area (Å²) in [6.45, 7) is 7.70. The fourth-order valence-electron chi connectivity index (χ4n) is 5.03. The van der Waals surface area contributed by atoms with Crippen molar-refractivity contribution in [2.24, 2.45) is 5.92 Å². The predicted molar refractivity (Wildman–Crippen MR) is 186 cm³/mol. The lowest BCUT2D eigenvalue weighted by atomic mass is 10.0. The van der Waals surface area contributed by atoms with Crippen molar-refractivity contribution in [2.45, 2.75) is 51.6 Å². The van der Waals surface area contributed by atoms with Crippen molar-refractivity contribution in [2.75, 3.05) is 17.4 Å². The third-order valence-corrected chi connectivity index (χ3v) is 9.64. The van der Waals surface area contributed by atoms with Gasteiger partial charge in [0.05, 0.1) is 10.6 Å². The Morgan fingerprint density at radius 3 is 2.02 bits per heavy atom. The van der Waals surface area contributed by atoms with E-state index in [4.69, 9.17) is 23.2 Å². The van der Waals surface area contributed by atoms with Crippen LogP contribution in [0.15, 0.2) is 102 Å². The van der Waals surface area contributed by atoms with E-state index in [-0.39, 0.29) is 45.4 Å². The SMILES string of the molecule is Cc1ccc(S(=O)(=O)N(CC(=O)N(Cc2cccc(C)c2)[C@@H](Cc2ccccc2)C(=O)NCC(C)C)c2cc(Cl)cc(Cl)c2)cc1. The van der Waals surface area contributed by atoms with E-state index in [9.17, 15) is 18.0 Å². The van der Waals surface area contributed by atoms with E-state index in [0.29, 0.717) is 6.54 Å². The molecule has 4 aromatic carbocycles. The smallest absolute Gasteiger partial charge is 0.264 e. The van der Waals surface area contributed by atoms with E-state index in [1.807, 2.05) is 82.3 Å². The second-order valence-electron chi connectivity index (χ2n) is 11.8. The van der Waals surface area contributed by atoms with Crippen molar-refractivity contribution < 1.29 is 18.0 Å². The molecular weight excluding hydrogens is 641 g/mol. The Morgan fingerprint density at radius 1 is 0.783 bits per heavy atom. The molecule has 4 rings (SSSR count). The molecule has 46 heavy (non-hydrogen) atoms. The van der Waals surface area contributed by atoms with Gasteiger partial charge in [0.15, 0.2) is 0 Å². The van der Waals surface area contributed by atoms with Gasteiger partial charge in [0.2, 0.25) is 11.8 Å². The quantitative estimate of drug-likeness (QED) is 0.162. The molecule has 0 saturated heterocycles. The first-order valence-electron chi connectivity index (χ1n) is 15.1. The molecule has 0 aliphatic heterocycles. The Bertz CT molecular complexity index is 1740. The Labute approximate surface area is 282 Å². The molecule has 0 radical (unpaired) electrons. The van der Waals surface area contributed by atoms with Gasteiger partial charge in [-0.05, 0) is 61.2 Å². The van der Waals surface area contributed by atoms with Gasteiger partial charge in [0, 0.05) is 29.6 Å². The van der Waals surface area contributed by atoms with Crippen molar-refractivity contribution in [1.82, 2.24) is 10.2 Å². The maximum absolute atomic E-state index is 14.6. The number of carbonyl (C=O) groups excluding carboxylic acids is 2. The lowest BCUT2D eigenvalue weighted by Crippen LogP contribution is -2.53. The molecular formula is C36H39Cl2N3O4S. The number of halogens is 2. The molecule has 0 unspecified atom stereocenters. The highest BCUT2D eigenvalue weighted by Gasteiger charge is 2.35. The van der Waals surface area contributed by atoms with Gasteiger partial charge in [0.25, 0.3) is 10.0 Å². The lowest BCUT2D eigenvalue weighted by molar-refractivity contribution is -0.140. The van der Waals surface area contributed by atoms with Gasteiger partial charge in [-0.2, -0.15) is 0 Å². The first-order valence-corrected chi connectivity index (χ1v) is 17.2. The van der Waals surface area contributed by atoms with Crippen LogP contribution in [0, 0.1) is 19.8 Å². The molecule has 1 atom stereocenters. The number of hydrogen-bond donors (Lipinski definition) is 1. The van der Waals surface area contributed by atoms with Gasteiger partial charge in [-0.15, -0.1) is 0 Å². The second-order valence-corrected chi connectivity index (χ2v) is 14.5. The van der Waals surface area contributed by atoms with E-state index in [1.165, 1.54) is 35.2 Å². The Kier molecular flexibility index (Phi) is 11.9. The van der Waals surface area contributed by atoms with Crippen molar-refractivity contribution in [3.8, 4) is 0 Å². The van der Waals surface area contributed by atoms with E-state index >= 15 is 0 Å². The molecule has 0 fully saturated rings. The molecule has 0 heterocycles. The Hall–Kier alpha value is -3.85. The molecule has 1 N–H and O–H groups in total. The van der Waals surface area contributed by atoms with Crippen LogP contribution in [0.25, 0.3) is 0 Å². The Morgan fingerprint density at radius 2 is 1.41 bits per heavy atom. The van der Waals surface area contributed by atoms with Crippen LogP contribution in [0.1, 0.15) is 36.1 Å². The van der Waals surface area contributed by atoms with Crippen LogP contribution in [0.5, 0.6) is 0 Å². The first kappa shape index (κ1) is 35.0. The van der Waals surface area contributed by atoms with E-state index in [0.717, 1.165) is 26.6 Å². The number of aryl methyl sites for hydroxylation is 2. The lowest BCUT2D eigenvalue weighted by Gasteiger charge is -2.34. The average molecular weight is 681 g/mol. The van der Waals surface area contributed by atoms with Gasteiger partial charge in [-0.3, -0.25) is 13.9 Å².